The summed E-state index contributed by atoms with van der Waals surface area (Å²) in [6.45, 7) is 11.2. The van der Waals surface area contributed by atoms with Crippen molar-refractivity contribution in [2.24, 2.45) is 5.41 Å². The molecule has 0 spiro atoms. The molecule has 2 saturated heterocycles. The summed E-state index contributed by atoms with van der Waals surface area (Å²) in [6, 6.07) is 0.828. The lowest BCUT2D eigenvalue weighted by molar-refractivity contribution is -0.0381. The highest BCUT2D eigenvalue weighted by Gasteiger charge is 2.36. The highest BCUT2D eigenvalue weighted by Crippen LogP contribution is 2.32. The Labute approximate surface area is 125 Å². The second-order valence-corrected chi connectivity index (χ2v) is 6.85. The Bertz CT molecular complexity index is 262. The molecule has 20 heavy (non-hydrogen) atoms. The zero-order valence-corrected chi connectivity index (χ0v) is 13.6. The molecule has 118 valence electrons. The van der Waals surface area contributed by atoms with Gasteiger partial charge >= 0.3 is 0 Å². The van der Waals surface area contributed by atoms with Crippen LogP contribution in [0.3, 0.4) is 0 Å². The maximum absolute atomic E-state index is 5.85. The molecule has 2 atom stereocenters. The highest BCUT2D eigenvalue weighted by molar-refractivity contribution is 4.90. The smallest absolute Gasteiger partial charge is 0.0546 e. The fourth-order valence-corrected chi connectivity index (χ4v) is 3.98. The number of likely N-dealkylation sites (tertiary alicyclic amines) is 1. The molecule has 2 aliphatic heterocycles. The molecule has 3 heteroatoms. The topological polar surface area (TPSA) is 24.5 Å². The molecule has 2 rings (SSSR count). The highest BCUT2D eigenvalue weighted by atomic mass is 16.5. The van der Waals surface area contributed by atoms with Gasteiger partial charge in [-0.25, -0.2) is 0 Å². The van der Waals surface area contributed by atoms with Crippen molar-refractivity contribution in [3.05, 3.63) is 0 Å². The maximum Gasteiger partial charge on any atom is 0.0546 e. The maximum atomic E-state index is 5.85. The standard InChI is InChI=1S/C17H34N2O/c1-3-8-16-9-5-6-11-19(16)14-17(13-18-4-2)10-7-12-20-15-17/h16,18H,3-15H2,1-2H3. The third-order valence-electron chi connectivity index (χ3n) is 5.06. The SMILES string of the molecule is CCCC1CCCCN1CC1(CNCC)CCCOC1. The van der Waals surface area contributed by atoms with Gasteiger partial charge in [-0.1, -0.05) is 26.7 Å². The first kappa shape index (κ1) is 16.3. The number of rotatable bonds is 7. The summed E-state index contributed by atoms with van der Waals surface area (Å²) in [6.07, 6.45) is 9.48. The van der Waals surface area contributed by atoms with Crippen LogP contribution in [-0.2, 0) is 4.74 Å². The van der Waals surface area contributed by atoms with E-state index in [2.05, 4.69) is 24.1 Å². The minimum absolute atomic E-state index is 0.359. The fourth-order valence-electron chi connectivity index (χ4n) is 3.98. The van der Waals surface area contributed by atoms with Crippen molar-refractivity contribution in [1.82, 2.24) is 10.2 Å². The molecule has 0 aromatic carbocycles. The molecular formula is C17H34N2O. The van der Waals surface area contributed by atoms with Gasteiger partial charge in [0.05, 0.1) is 6.61 Å². The summed E-state index contributed by atoms with van der Waals surface area (Å²) in [7, 11) is 0. The van der Waals surface area contributed by atoms with Crippen LogP contribution in [0.15, 0.2) is 0 Å². The molecule has 0 aliphatic carbocycles. The van der Waals surface area contributed by atoms with Crippen LogP contribution in [0.5, 0.6) is 0 Å². The zero-order chi connectivity index (χ0) is 14.3. The quantitative estimate of drug-likeness (QED) is 0.777. The second-order valence-electron chi connectivity index (χ2n) is 6.85. The molecule has 3 nitrogen and oxygen atoms in total. The number of hydrogen-bond donors (Lipinski definition) is 1. The molecule has 0 aromatic rings. The Morgan fingerprint density at radius 2 is 2.15 bits per heavy atom. The van der Waals surface area contributed by atoms with Gasteiger partial charge in [0.15, 0.2) is 0 Å². The number of nitrogens with zero attached hydrogens (tertiary/aromatic N) is 1. The zero-order valence-electron chi connectivity index (χ0n) is 13.6. The van der Waals surface area contributed by atoms with Crippen molar-refractivity contribution < 1.29 is 4.74 Å². The van der Waals surface area contributed by atoms with Crippen LogP contribution in [0.4, 0.5) is 0 Å². The number of nitrogens with one attached hydrogen (secondary N) is 1. The fraction of sp³-hybridized carbons (Fsp3) is 1.00. The first-order valence-electron chi connectivity index (χ1n) is 8.82. The van der Waals surface area contributed by atoms with Crippen LogP contribution in [-0.4, -0.2) is 50.3 Å². The van der Waals surface area contributed by atoms with Gasteiger partial charge in [-0.3, -0.25) is 4.90 Å². The molecule has 0 amide bonds. The summed E-state index contributed by atoms with van der Waals surface area (Å²) in [5.41, 5.74) is 0.359. The Balaban J connectivity index is 1.97. The average molecular weight is 282 g/mol. The van der Waals surface area contributed by atoms with E-state index in [4.69, 9.17) is 4.74 Å². The first-order valence-corrected chi connectivity index (χ1v) is 8.82. The van der Waals surface area contributed by atoms with Crippen LogP contribution in [0.25, 0.3) is 0 Å². The van der Waals surface area contributed by atoms with Crippen molar-refractivity contribution in [1.29, 1.82) is 0 Å². The summed E-state index contributed by atoms with van der Waals surface area (Å²) in [5.74, 6) is 0. The Morgan fingerprint density at radius 1 is 1.25 bits per heavy atom. The van der Waals surface area contributed by atoms with Crippen LogP contribution in [0.2, 0.25) is 0 Å². The van der Waals surface area contributed by atoms with Gasteiger partial charge in [-0.05, 0) is 45.2 Å². The van der Waals surface area contributed by atoms with Gasteiger partial charge in [0, 0.05) is 31.2 Å². The number of piperidine rings is 1. The van der Waals surface area contributed by atoms with Crippen molar-refractivity contribution in [2.75, 3.05) is 39.4 Å². The Kier molecular flexibility index (Phi) is 6.79. The van der Waals surface area contributed by atoms with Gasteiger partial charge in [0.2, 0.25) is 0 Å². The number of ether oxygens (including phenoxy) is 1. The molecule has 2 unspecified atom stereocenters. The van der Waals surface area contributed by atoms with E-state index in [0.29, 0.717) is 5.41 Å². The van der Waals surface area contributed by atoms with Crippen molar-refractivity contribution in [3.63, 3.8) is 0 Å². The first-order chi connectivity index (χ1) is 9.79. The van der Waals surface area contributed by atoms with Gasteiger partial charge in [-0.15, -0.1) is 0 Å². The van der Waals surface area contributed by atoms with Crippen LogP contribution in [0, 0.1) is 5.41 Å². The predicted molar refractivity (Wildman–Crippen MR) is 85.1 cm³/mol. The predicted octanol–water partition coefficient (Wildman–Crippen LogP) is 3.05. The van der Waals surface area contributed by atoms with E-state index in [0.717, 1.165) is 32.3 Å². The van der Waals surface area contributed by atoms with Crippen LogP contribution >= 0.6 is 0 Å². The van der Waals surface area contributed by atoms with Crippen LogP contribution < -0.4 is 5.32 Å². The third kappa shape index (κ3) is 4.44. The monoisotopic (exact) mass is 282 g/mol. The Morgan fingerprint density at radius 3 is 2.85 bits per heavy atom. The van der Waals surface area contributed by atoms with E-state index < -0.39 is 0 Å². The molecule has 0 bridgehead atoms. The summed E-state index contributed by atoms with van der Waals surface area (Å²) >= 11 is 0. The van der Waals surface area contributed by atoms with Gasteiger partial charge < -0.3 is 10.1 Å². The number of hydrogen-bond acceptors (Lipinski definition) is 3. The minimum atomic E-state index is 0.359. The van der Waals surface area contributed by atoms with Crippen molar-refractivity contribution >= 4 is 0 Å². The van der Waals surface area contributed by atoms with Crippen LogP contribution in [0.1, 0.15) is 58.8 Å². The van der Waals surface area contributed by atoms with E-state index in [-0.39, 0.29) is 0 Å². The van der Waals surface area contributed by atoms with E-state index in [9.17, 15) is 0 Å². The van der Waals surface area contributed by atoms with E-state index >= 15 is 0 Å². The summed E-state index contributed by atoms with van der Waals surface area (Å²) in [4.78, 5) is 2.79. The molecular weight excluding hydrogens is 248 g/mol. The molecule has 0 radical (unpaired) electrons. The second kappa shape index (κ2) is 8.35. The summed E-state index contributed by atoms with van der Waals surface area (Å²) in [5, 5.41) is 3.59. The minimum Gasteiger partial charge on any atom is -0.381 e. The molecule has 0 saturated carbocycles. The molecule has 2 heterocycles. The largest absolute Gasteiger partial charge is 0.381 e. The van der Waals surface area contributed by atoms with E-state index in [1.165, 1.54) is 58.0 Å². The normalized spacial score (nSPS) is 32.4. The van der Waals surface area contributed by atoms with Gasteiger partial charge in [0.1, 0.15) is 0 Å². The molecule has 0 aromatic heterocycles. The van der Waals surface area contributed by atoms with Gasteiger partial charge in [-0.2, -0.15) is 0 Å². The third-order valence-corrected chi connectivity index (χ3v) is 5.06. The molecule has 1 N–H and O–H groups in total. The van der Waals surface area contributed by atoms with Gasteiger partial charge in [0.25, 0.3) is 0 Å². The van der Waals surface area contributed by atoms with E-state index in [1.807, 2.05) is 0 Å². The average Bonchev–Trinajstić information content (AvgIpc) is 2.49. The lowest BCUT2D eigenvalue weighted by atomic mass is 9.80. The molecule has 2 aliphatic rings. The lowest BCUT2D eigenvalue weighted by Crippen LogP contribution is -2.52. The molecule has 2 fully saturated rings. The van der Waals surface area contributed by atoms with Crippen molar-refractivity contribution in [2.45, 2.75) is 64.8 Å². The van der Waals surface area contributed by atoms with Crippen molar-refractivity contribution in [3.8, 4) is 0 Å². The Hall–Kier alpha value is -0.120. The lowest BCUT2D eigenvalue weighted by Gasteiger charge is -2.45. The summed E-state index contributed by atoms with van der Waals surface area (Å²) < 4.78 is 5.85. The van der Waals surface area contributed by atoms with E-state index in [1.54, 1.807) is 0 Å².